The molecule has 3 aromatic rings. The molecule has 0 fully saturated rings. The van der Waals surface area contributed by atoms with Gasteiger partial charge in [0.25, 0.3) is 0 Å². The molecule has 31 heavy (non-hydrogen) atoms. The molecule has 6 heteroatoms. The lowest BCUT2D eigenvalue weighted by Crippen LogP contribution is -2.36. The summed E-state index contributed by atoms with van der Waals surface area (Å²) in [4.78, 5) is 29.0. The summed E-state index contributed by atoms with van der Waals surface area (Å²) in [6.07, 6.45) is 3.00. The fraction of sp³-hybridized carbons (Fsp3) is 0.240. The number of hydrogen-bond donors (Lipinski definition) is 2. The number of anilines is 1. The van der Waals surface area contributed by atoms with Crippen molar-refractivity contribution in [2.75, 3.05) is 5.32 Å². The molecule has 0 unspecified atom stereocenters. The average Bonchev–Trinajstić information content (AvgIpc) is 2.74. The van der Waals surface area contributed by atoms with E-state index in [0.717, 1.165) is 16.7 Å². The second kappa shape index (κ2) is 9.89. The number of amides is 2. The first-order chi connectivity index (χ1) is 14.8. The van der Waals surface area contributed by atoms with E-state index in [9.17, 15) is 9.59 Å². The minimum Gasteiger partial charge on any atom is -0.444 e. The molecule has 0 saturated heterocycles. The minimum atomic E-state index is -0.621. The van der Waals surface area contributed by atoms with Crippen molar-refractivity contribution in [2.45, 2.75) is 38.8 Å². The van der Waals surface area contributed by atoms with Crippen LogP contribution in [-0.2, 0) is 9.53 Å². The predicted molar refractivity (Wildman–Crippen MR) is 121 cm³/mol. The zero-order valence-electron chi connectivity index (χ0n) is 18.0. The van der Waals surface area contributed by atoms with E-state index < -0.39 is 17.7 Å². The van der Waals surface area contributed by atoms with Gasteiger partial charge in [-0.25, -0.2) is 4.79 Å². The third-order valence-electron chi connectivity index (χ3n) is 4.46. The number of benzene rings is 2. The highest BCUT2D eigenvalue weighted by Crippen LogP contribution is 2.22. The smallest absolute Gasteiger partial charge is 0.408 e. The van der Waals surface area contributed by atoms with Crippen molar-refractivity contribution < 1.29 is 14.3 Å². The third kappa shape index (κ3) is 6.96. The second-order valence-electron chi connectivity index (χ2n) is 8.18. The molecule has 0 bridgehead atoms. The van der Waals surface area contributed by atoms with Crippen molar-refractivity contribution in [1.82, 2.24) is 10.3 Å². The molecule has 2 aromatic carbocycles. The quantitative estimate of drug-likeness (QED) is 0.567. The van der Waals surface area contributed by atoms with Crippen LogP contribution in [0.25, 0.3) is 11.1 Å². The highest BCUT2D eigenvalue weighted by atomic mass is 16.6. The van der Waals surface area contributed by atoms with E-state index in [2.05, 4.69) is 15.6 Å². The standard InChI is InChI=1S/C25H27N3O3/c1-25(2,3)31-24(30)28-22(20-7-5-4-6-8-20)17-23(29)27-21-11-9-18(10-12-21)19-13-15-26-16-14-19/h4-16,22H,17H2,1-3H3,(H,27,29)(H,28,30)/t22-/m1/s1. The van der Waals surface area contributed by atoms with E-state index in [1.165, 1.54) is 0 Å². The van der Waals surface area contributed by atoms with Gasteiger partial charge in [0, 0.05) is 18.1 Å². The van der Waals surface area contributed by atoms with E-state index >= 15 is 0 Å². The number of alkyl carbamates (subject to hydrolysis) is 1. The lowest BCUT2D eigenvalue weighted by molar-refractivity contribution is -0.116. The first kappa shape index (κ1) is 22.0. The van der Waals surface area contributed by atoms with Crippen LogP contribution >= 0.6 is 0 Å². The summed E-state index contributed by atoms with van der Waals surface area (Å²) in [7, 11) is 0. The first-order valence-electron chi connectivity index (χ1n) is 10.1. The summed E-state index contributed by atoms with van der Waals surface area (Å²) in [5, 5.41) is 5.71. The van der Waals surface area contributed by atoms with Crippen LogP contribution in [0.2, 0.25) is 0 Å². The molecule has 0 saturated carbocycles. The highest BCUT2D eigenvalue weighted by Gasteiger charge is 2.22. The van der Waals surface area contributed by atoms with Crippen molar-refractivity contribution >= 4 is 17.7 Å². The molecule has 1 aromatic heterocycles. The molecular formula is C25H27N3O3. The number of pyridine rings is 1. The Labute approximate surface area is 182 Å². The van der Waals surface area contributed by atoms with Gasteiger partial charge in [-0.1, -0.05) is 42.5 Å². The Bertz CT molecular complexity index is 998. The summed E-state index contributed by atoms with van der Waals surface area (Å²) >= 11 is 0. The van der Waals surface area contributed by atoms with Crippen LogP contribution in [-0.4, -0.2) is 22.6 Å². The van der Waals surface area contributed by atoms with Crippen molar-refractivity contribution in [2.24, 2.45) is 0 Å². The highest BCUT2D eigenvalue weighted by molar-refractivity contribution is 5.91. The zero-order valence-corrected chi connectivity index (χ0v) is 18.0. The summed E-state index contributed by atoms with van der Waals surface area (Å²) in [5.41, 5.74) is 2.99. The van der Waals surface area contributed by atoms with Crippen LogP contribution in [0, 0.1) is 0 Å². The Morgan fingerprint density at radius 3 is 2.13 bits per heavy atom. The molecule has 0 radical (unpaired) electrons. The molecule has 1 heterocycles. The van der Waals surface area contributed by atoms with E-state index in [-0.39, 0.29) is 12.3 Å². The Balaban J connectivity index is 1.66. The molecule has 160 valence electrons. The Kier molecular flexibility index (Phi) is 7.03. The molecule has 0 aliphatic heterocycles. The molecule has 0 aliphatic rings. The monoisotopic (exact) mass is 417 g/mol. The Hall–Kier alpha value is -3.67. The molecule has 2 N–H and O–H groups in total. The number of aromatic nitrogens is 1. The topological polar surface area (TPSA) is 80.3 Å². The minimum absolute atomic E-state index is 0.0787. The third-order valence-corrected chi connectivity index (χ3v) is 4.46. The van der Waals surface area contributed by atoms with Crippen LogP contribution in [0.15, 0.2) is 79.1 Å². The van der Waals surface area contributed by atoms with Gasteiger partial charge in [0.05, 0.1) is 12.5 Å². The molecule has 1 atom stereocenters. The van der Waals surface area contributed by atoms with Gasteiger partial charge in [0.1, 0.15) is 5.60 Å². The number of rotatable bonds is 6. The van der Waals surface area contributed by atoms with Gasteiger partial charge in [0.15, 0.2) is 0 Å². The fourth-order valence-corrected chi connectivity index (χ4v) is 3.08. The predicted octanol–water partition coefficient (Wildman–Crippen LogP) is 5.34. The molecule has 0 aliphatic carbocycles. The summed E-state index contributed by atoms with van der Waals surface area (Å²) < 4.78 is 5.36. The Morgan fingerprint density at radius 2 is 1.52 bits per heavy atom. The number of hydrogen-bond acceptors (Lipinski definition) is 4. The maximum absolute atomic E-state index is 12.7. The second-order valence-corrected chi connectivity index (χ2v) is 8.18. The van der Waals surface area contributed by atoms with Gasteiger partial charge in [-0.3, -0.25) is 9.78 Å². The fourth-order valence-electron chi connectivity index (χ4n) is 3.08. The van der Waals surface area contributed by atoms with Crippen LogP contribution in [0.3, 0.4) is 0 Å². The number of carbonyl (C=O) groups excluding carboxylic acids is 2. The molecule has 2 amide bonds. The SMILES string of the molecule is CC(C)(C)OC(=O)N[C@H](CC(=O)Nc1ccc(-c2ccncc2)cc1)c1ccccc1. The van der Waals surface area contributed by atoms with Gasteiger partial charge in [-0.05, 0) is 61.7 Å². The number of carbonyl (C=O) groups is 2. The number of ether oxygens (including phenoxy) is 1. The normalized spacial score (nSPS) is 12.0. The molecule has 3 rings (SSSR count). The Morgan fingerprint density at radius 1 is 0.903 bits per heavy atom. The summed E-state index contributed by atoms with van der Waals surface area (Å²) in [6.45, 7) is 5.39. The van der Waals surface area contributed by atoms with Gasteiger partial charge >= 0.3 is 6.09 Å². The van der Waals surface area contributed by atoms with Crippen LogP contribution in [0.5, 0.6) is 0 Å². The van der Waals surface area contributed by atoms with Gasteiger partial charge < -0.3 is 15.4 Å². The number of nitrogens with one attached hydrogen (secondary N) is 2. The van der Waals surface area contributed by atoms with E-state index in [4.69, 9.17) is 4.74 Å². The summed E-state index contributed by atoms with van der Waals surface area (Å²) in [5.74, 6) is -0.207. The molecular weight excluding hydrogens is 390 g/mol. The maximum atomic E-state index is 12.7. The molecule has 6 nitrogen and oxygen atoms in total. The van der Waals surface area contributed by atoms with Crippen LogP contribution in [0.1, 0.15) is 38.8 Å². The largest absolute Gasteiger partial charge is 0.444 e. The van der Waals surface area contributed by atoms with Crippen molar-refractivity contribution in [3.05, 3.63) is 84.7 Å². The van der Waals surface area contributed by atoms with Crippen molar-refractivity contribution in [3.8, 4) is 11.1 Å². The first-order valence-corrected chi connectivity index (χ1v) is 10.1. The maximum Gasteiger partial charge on any atom is 0.408 e. The molecule has 0 spiro atoms. The van der Waals surface area contributed by atoms with Gasteiger partial charge in [-0.15, -0.1) is 0 Å². The van der Waals surface area contributed by atoms with E-state index in [1.54, 1.807) is 33.2 Å². The lowest BCUT2D eigenvalue weighted by atomic mass is 10.0. The van der Waals surface area contributed by atoms with Gasteiger partial charge in [-0.2, -0.15) is 0 Å². The van der Waals surface area contributed by atoms with Crippen molar-refractivity contribution in [1.29, 1.82) is 0 Å². The van der Waals surface area contributed by atoms with Crippen molar-refractivity contribution in [3.63, 3.8) is 0 Å². The van der Waals surface area contributed by atoms with Crippen LogP contribution in [0.4, 0.5) is 10.5 Å². The lowest BCUT2D eigenvalue weighted by Gasteiger charge is -2.23. The van der Waals surface area contributed by atoms with Gasteiger partial charge in [0.2, 0.25) is 5.91 Å². The summed E-state index contributed by atoms with van der Waals surface area (Å²) in [6, 6.07) is 20.3. The number of nitrogens with zero attached hydrogens (tertiary/aromatic N) is 1. The van der Waals surface area contributed by atoms with E-state index in [0.29, 0.717) is 5.69 Å². The van der Waals surface area contributed by atoms with Crippen LogP contribution < -0.4 is 10.6 Å². The zero-order chi connectivity index (χ0) is 22.3. The van der Waals surface area contributed by atoms with E-state index in [1.807, 2.05) is 66.7 Å². The average molecular weight is 418 g/mol.